The van der Waals surface area contributed by atoms with Crippen LogP contribution in [0, 0.1) is 0 Å². The number of methoxy groups -OCH3 is 2. The van der Waals surface area contributed by atoms with Crippen LogP contribution in [0.15, 0.2) is 52.7 Å². The van der Waals surface area contributed by atoms with Gasteiger partial charge in [-0.1, -0.05) is 42.5 Å². The lowest BCUT2D eigenvalue weighted by atomic mass is 9.97. The quantitative estimate of drug-likeness (QED) is 0.621. The zero-order chi connectivity index (χ0) is 17.1. The molecule has 124 valence electrons. The van der Waals surface area contributed by atoms with Gasteiger partial charge in [0.1, 0.15) is 0 Å². The summed E-state index contributed by atoms with van der Waals surface area (Å²) in [6, 6.07) is 16.2. The summed E-state index contributed by atoms with van der Waals surface area (Å²) in [6.07, 6.45) is 2.07. The fourth-order valence-electron chi connectivity index (χ4n) is 2.79. The zero-order valence-electron chi connectivity index (χ0n) is 13.8. The molecule has 2 aromatic carbocycles. The van der Waals surface area contributed by atoms with E-state index >= 15 is 0 Å². The van der Waals surface area contributed by atoms with E-state index in [0.29, 0.717) is 5.75 Å². The number of rotatable bonds is 5. The molecule has 3 nitrogen and oxygen atoms in total. The smallest absolute Gasteiger partial charge is 0.168 e. The van der Waals surface area contributed by atoms with Crippen molar-refractivity contribution in [2.75, 3.05) is 26.2 Å². The van der Waals surface area contributed by atoms with Crippen LogP contribution >= 0.6 is 23.1 Å². The molecule has 1 heterocycles. The van der Waals surface area contributed by atoms with E-state index in [1.807, 2.05) is 30.3 Å². The highest BCUT2D eigenvalue weighted by molar-refractivity contribution is 8.00. The number of thioether (sulfide) groups is 1. The molecule has 0 amide bonds. The third-order valence-electron chi connectivity index (χ3n) is 3.82. The summed E-state index contributed by atoms with van der Waals surface area (Å²) in [5.41, 5.74) is 10.6. The van der Waals surface area contributed by atoms with Gasteiger partial charge in [0.05, 0.1) is 23.4 Å². The maximum Gasteiger partial charge on any atom is 0.168 e. The molecule has 5 heteroatoms. The Morgan fingerprint density at radius 1 is 0.917 bits per heavy atom. The minimum Gasteiger partial charge on any atom is -0.493 e. The first-order valence-corrected chi connectivity index (χ1v) is 9.48. The molecule has 3 aromatic rings. The molecule has 0 bridgehead atoms. The maximum atomic E-state index is 6.38. The molecule has 0 radical (unpaired) electrons. The van der Waals surface area contributed by atoms with Crippen LogP contribution in [0.2, 0.25) is 0 Å². The summed E-state index contributed by atoms with van der Waals surface area (Å²) in [4.78, 5) is 0. The second-order valence-corrected chi connectivity index (χ2v) is 7.24. The van der Waals surface area contributed by atoms with Crippen molar-refractivity contribution < 1.29 is 9.47 Å². The summed E-state index contributed by atoms with van der Waals surface area (Å²) < 4.78 is 12.3. The molecular formula is C19H19NO2S2. The van der Waals surface area contributed by atoms with Gasteiger partial charge in [-0.15, -0.1) is 23.1 Å². The van der Waals surface area contributed by atoms with Crippen LogP contribution in [0.5, 0.6) is 11.5 Å². The molecular weight excluding hydrogens is 338 g/mol. The predicted octanol–water partition coefficient (Wildman–Crippen LogP) is 5.40. The van der Waals surface area contributed by atoms with Crippen molar-refractivity contribution in [3.05, 3.63) is 48.5 Å². The van der Waals surface area contributed by atoms with Crippen molar-refractivity contribution in [3.63, 3.8) is 0 Å². The van der Waals surface area contributed by atoms with Crippen molar-refractivity contribution >= 4 is 28.1 Å². The third-order valence-corrected chi connectivity index (χ3v) is 5.96. The van der Waals surface area contributed by atoms with Crippen molar-refractivity contribution in [1.82, 2.24) is 0 Å². The molecule has 0 atom stereocenters. The first kappa shape index (κ1) is 16.7. The first-order chi connectivity index (χ1) is 11.7. The molecule has 0 saturated heterocycles. The van der Waals surface area contributed by atoms with Gasteiger partial charge in [0, 0.05) is 16.7 Å². The van der Waals surface area contributed by atoms with E-state index in [1.165, 1.54) is 0 Å². The van der Waals surface area contributed by atoms with E-state index in [1.54, 1.807) is 37.3 Å². The van der Waals surface area contributed by atoms with Gasteiger partial charge in [0.2, 0.25) is 0 Å². The fraction of sp³-hybridized carbons (Fsp3) is 0.158. The van der Waals surface area contributed by atoms with Gasteiger partial charge in [0.25, 0.3) is 0 Å². The highest BCUT2D eigenvalue weighted by Crippen LogP contribution is 2.52. The SMILES string of the molecule is COc1cccc(-c2c(SC)sc(N)c2-c2ccccc2)c1OC. The van der Waals surface area contributed by atoms with Gasteiger partial charge < -0.3 is 15.2 Å². The topological polar surface area (TPSA) is 44.5 Å². The molecule has 0 aliphatic rings. The molecule has 0 spiro atoms. The average Bonchev–Trinajstić information content (AvgIpc) is 2.97. The third kappa shape index (κ3) is 2.85. The van der Waals surface area contributed by atoms with E-state index in [-0.39, 0.29) is 0 Å². The van der Waals surface area contributed by atoms with E-state index < -0.39 is 0 Å². The molecule has 24 heavy (non-hydrogen) atoms. The highest BCUT2D eigenvalue weighted by atomic mass is 32.2. The number of hydrogen-bond donors (Lipinski definition) is 1. The number of nitrogens with two attached hydrogens (primary N) is 1. The second kappa shape index (κ2) is 7.20. The van der Waals surface area contributed by atoms with Crippen molar-refractivity contribution in [1.29, 1.82) is 0 Å². The van der Waals surface area contributed by atoms with Gasteiger partial charge in [-0.3, -0.25) is 0 Å². The monoisotopic (exact) mass is 357 g/mol. The van der Waals surface area contributed by atoms with Crippen molar-refractivity contribution in [3.8, 4) is 33.8 Å². The maximum absolute atomic E-state index is 6.38. The van der Waals surface area contributed by atoms with Crippen LogP contribution in [0.1, 0.15) is 0 Å². The zero-order valence-corrected chi connectivity index (χ0v) is 15.5. The lowest BCUT2D eigenvalue weighted by Crippen LogP contribution is -1.94. The summed E-state index contributed by atoms with van der Waals surface area (Å²) in [7, 11) is 3.31. The molecule has 0 saturated carbocycles. The summed E-state index contributed by atoms with van der Waals surface area (Å²) >= 11 is 3.30. The van der Waals surface area contributed by atoms with E-state index in [0.717, 1.165) is 37.2 Å². The minimum absolute atomic E-state index is 0.714. The number of anilines is 1. The Balaban J connectivity index is 2.33. The largest absolute Gasteiger partial charge is 0.493 e. The van der Waals surface area contributed by atoms with Crippen LogP contribution in [0.25, 0.3) is 22.3 Å². The van der Waals surface area contributed by atoms with Gasteiger partial charge in [-0.25, -0.2) is 0 Å². The minimum atomic E-state index is 0.714. The average molecular weight is 358 g/mol. The Hall–Kier alpha value is -2.11. The number of hydrogen-bond acceptors (Lipinski definition) is 5. The van der Waals surface area contributed by atoms with E-state index in [2.05, 4.69) is 24.5 Å². The standard InChI is InChI=1S/C19H19NO2S2/c1-21-14-11-7-10-13(17(14)22-2)16-15(12-8-5-4-6-9-12)18(20)24-19(16)23-3/h4-11H,20H2,1-3H3. The molecule has 0 unspecified atom stereocenters. The summed E-state index contributed by atoms with van der Waals surface area (Å²) in [5, 5.41) is 0.811. The Morgan fingerprint density at radius 2 is 1.67 bits per heavy atom. The lowest BCUT2D eigenvalue weighted by molar-refractivity contribution is 0.356. The van der Waals surface area contributed by atoms with Crippen LogP contribution in [0.3, 0.4) is 0 Å². The molecule has 3 rings (SSSR count). The number of para-hydroxylation sites is 1. The highest BCUT2D eigenvalue weighted by Gasteiger charge is 2.23. The van der Waals surface area contributed by atoms with Crippen LogP contribution in [-0.2, 0) is 0 Å². The molecule has 2 N–H and O–H groups in total. The molecule has 0 aliphatic carbocycles. The van der Waals surface area contributed by atoms with Gasteiger partial charge in [0.15, 0.2) is 11.5 Å². The van der Waals surface area contributed by atoms with Crippen LogP contribution in [-0.4, -0.2) is 20.5 Å². The molecule has 0 aliphatic heterocycles. The van der Waals surface area contributed by atoms with Gasteiger partial charge in [-0.05, 0) is 17.9 Å². The normalized spacial score (nSPS) is 10.6. The van der Waals surface area contributed by atoms with Crippen molar-refractivity contribution in [2.45, 2.75) is 4.21 Å². The Morgan fingerprint density at radius 3 is 2.29 bits per heavy atom. The summed E-state index contributed by atoms with van der Waals surface area (Å²) in [5.74, 6) is 1.44. The number of ether oxygens (including phenoxy) is 2. The Kier molecular flexibility index (Phi) is 5.02. The lowest BCUT2D eigenvalue weighted by Gasteiger charge is -2.15. The molecule has 0 fully saturated rings. The Bertz CT molecular complexity index is 844. The number of nitrogen functional groups attached to an aromatic ring is 1. The van der Waals surface area contributed by atoms with E-state index in [9.17, 15) is 0 Å². The van der Waals surface area contributed by atoms with E-state index in [4.69, 9.17) is 15.2 Å². The van der Waals surface area contributed by atoms with Crippen LogP contribution < -0.4 is 15.2 Å². The van der Waals surface area contributed by atoms with Crippen LogP contribution in [0.4, 0.5) is 5.00 Å². The second-order valence-electron chi connectivity index (χ2n) is 5.12. The predicted molar refractivity (Wildman–Crippen MR) is 104 cm³/mol. The van der Waals surface area contributed by atoms with Crippen molar-refractivity contribution in [2.24, 2.45) is 0 Å². The van der Waals surface area contributed by atoms with Gasteiger partial charge >= 0.3 is 0 Å². The summed E-state index contributed by atoms with van der Waals surface area (Å²) in [6.45, 7) is 0. The number of thiophene rings is 1. The molecule has 1 aromatic heterocycles. The number of benzene rings is 2. The Labute approximate surface area is 150 Å². The first-order valence-electron chi connectivity index (χ1n) is 7.44. The fourth-order valence-corrected chi connectivity index (χ4v) is 4.65. The van der Waals surface area contributed by atoms with Gasteiger partial charge in [-0.2, -0.15) is 0 Å².